The highest BCUT2D eigenvalue weighted by atomic mass is 16.7. The molecule has 0 bridgehead atoms. The molecule has 1 saturated carbocycles. The molecule has 2 heterocycles. The molecule has 26 nitrogen and oxygen atoms in total. The summed E-state index contributed by atoms with van der Waals surface area (Å²) in [7, 11) is 0. The van der Waals surface area contributed by atoms with Crippen LogP contribution in [-0.2, 0) is 47.4 Å². The Labute approximate surface area is 427 Å². The minimum Gasteiger partial charge on any atom is -0.444 e. The van der Waals surface area contributed by atoms with E-state index in [9.17, 15) is 49.2 Å². The first-order valence-electron chi connectivity index (χ1n) is 24.3. The zero-order valence-electron chi connectivity index (χ0n) is 44.8. The monoisotopic (exact) mass is 1050 g/mol. The number of alkyl carbamates (subject to hydrolysis) is 5. The van der Waals surface area contributed by atoms with Crippen LogP contribution in [0.15, 0.2) is 12.2 Å². The van der Waals surface area contributed by atoms with Gasteiger partial charge in [0.15, 0.2) is 12.6 Å². The molecule has 14 atom stereocenters. The summed E-state index contributed by atoms with van der Waals surface area (Å²) in [5.41, 5.74) is 2.50. The Morgan fingerprint density at radius 1 is 0.603 bits per heavy atom. The molecular formula is C47H83N7O19. The lowest BCUT2D eigenvalue weighted by molar-refractivity contribution is -0.303. The SMILES string of the molecule is CC(C)(C)OC(=O)NCC[C@H](O)C(=O)N[C@@H]1C[C@H](NC(=O)OC(C)(C)C)C(O[C@@H]2OC(CNC(=O)OC(C)(C)C)C=CC2NC(=O)OC(C)(C)C)C(N)[C@@H]1O[C@@H]1OC(CO)[C@H](O)[C@H](NC(=O)OC(C)(C)C)C1O. The number of amides is 6. The Balaban J connectivity index is 2.13. The third kappa shape index (κ3) is 21.9. The number of hydrogen-bond acceptors (Lipinski definition) is 20. The summed E-state index contributed by atoms with van der Waals surface area (Å²) in [6.07, 6.45) is -16.1. The molecule has 3 aliphatic rings. The Morgan fingerprint density at radius 2 is 1.05 bits per heavy atom. The Morgan fingerprint density at radius 3 is 1.56 bits per heavy atom. The molecule has 6 unspecified atom stereocenters. The largest absolute Gasteiger partial charge is 0.444 e. The van der Waals surface area contributed by atoms with Gasteiger partial charge in [0.1, 0.15) is 58.5 Å². The summed E-state index contributed by atoms with van der Waals surface area (Å²) >= 11 is 0. The number of aliphatic hydroxyl groups is 4. The zero-order valence-corrected chi connectivity index (χ0v) is 44.8. The lowest BCUT2D eigenvalue weighted by Gasteiger charge is -2.49. The number of hydrogen-bond donors (Lipinski definition) is 11. The predicted molar refractivity (Wildman–Crippen MR) is 258 cm³/mol. The lowest BCUT2D eigenvalue weighted by Crippen LogP contribution is -2.72. The maximum atomic E-state index is 13.9. The minimum atomic E-state index is -1.91. The smallest absolute Gasteiger partial charge is 0.408 e. The first kappa shape index (κ1) is 62.5. The van der Waals surface area contributed by atoms with E-state index in [1.165, 1.54) is 6.08 Å². The minimum absolute atomic E-state index is 0.149. The van der Waals surface area contributed by atoms with Crippen LogP contribution in [0.4, 0.5) is 24.0 Å². The fraction of sp³-hybridized carbons (Fsp3) is 0.830. The molecule has 0 aromatic heterocycles. The fourth-order valence-electron chi connectivity index (χ4n) is 7.46. The molecule has 2 fully saturated rings. The van der Waals surface area contributed by atoms with Crippen LogP contribution in [0.5, 0.6) is 0 Å². The Hall–Kier alpha value is -4.80. The number of aliphatic hydroxyl groups excluding tert-OH is 4. The van der Waals surface area contributed by atoms with Crippen molar-refractivity contribution in [1.29, 1.82) is 0 Å². The normalized spacial score (nSPS) is 29.3. The van der Waals surface area contributed by atoms with E-state index >= 15 is 0 Å². The van der Waals surface area contributed by atoms with Crippen molar-refractivity contribution in [2.45, 2.75) is 230 Å². The van der Waals surface area contributed by atoms with E-state index in [2.05, 4.69) is 31.9 Å². The van der Waals surface area contributed by atoms with Gasteiger partial charge >= 0.3 is 30.5 Å². The van der Waals surface area contributed by atoms with E-state index in [4.69, 9.17) is 48.4 Å². The quantitative estimate of drug-likeness (QED) is 0.0810. The molecular weight excluding hydrogens is 967 g/mol. The highest BCUT2D eigenvalue weighted by Gasteiger charge is 2.53. The highest BCUT2D eigenvalue weighted by Crippen LogP contribution is 2.32. The van der Waals surface area contributed by atoms with Gasteiger partial charge in [0.25, 0.3) is 0 Å². The average Bonchev–Trinajstić information content (AvgIpc) is 3.19. The van der Waals surface area contributed by atoms with E-state index in [1.54, 1.807) is 110 Å². The van der Waals surface area contributed by atoms with E-state index in [-0.39, 0.29) is 25.9 Å². The molecule has 1 aliphatic carbocycles. The maximum Gasteiger partial charge on any atom is 0.408 e. The van der Waals surface area contributed by atoms with Crippen molar-refractivity contribution in [2.75, 3.05) is 19.7 Å². The van der Waals surface area contributed by atoms with Gasteiger partial charge in [-0.15, -0.1) is 0 Å². The van der Waals surface area contributed by atoms with Gasteiger partial charge in [-0.05, 0) is 117 Å². The molecule has 6 amide bonds. The number of ether oxygens (including phenoxy) is 9. The van der Waals surface area contributed by atoms with Crippen molar-refractivity contribution in [2.24, 2.45) is 5.73 Å². The van der Waals surface area contributed by atoms with Crippen LogP contribution in [0.1, 0.15) is 117 Å². The van der Waals surface area contributed by atoms with Crippen molar-refractivity contribution in [3.05, 3.63) is 12.2 Å². The van der Waals surface area contributed by atoms with Gasteiger partial charge in [-0.1, -0.05) is 12.2 Å². The molecule has 0 radical (unpaired) electrons. The molecule has 3 rings (SSSR count). The molecule has 0 aromatic carbocycles. The Bertz CT molecular complexity index is 1890. The van der Waals surface area contributed by atoms with Crippen molar-refractivity contribution < 1.29 is 91.8 Å². The van der Waals surface area contributed by atoms with Gasteiger partial charge in [-0.3, -0.25) is 4.79 Å². The van der Waals surface area contributed by atoms with Gasteiger partial charge < -0.3 is 101 Å². The van der Waals surface area contributed by atoms with Gasteiger partial charge in [-0.2, -0.15) is 0 Å². The van der Waals surface area contributed by atoms with Crippen LogP contribution in [0.25, 0.3) is 0 Å². The topological polar surface area (TPSA) is 365 Å². The van der Waals surface area contributed by atoms with Gasteiger partial charge in [-0.25, -0.2) is 24.0 Å². The summed E-state index contributed by atoms with van der Waals surface area (Å²) in [6.45, 7) is 23.5. The van der Waals surface area contributed by atoms with Gasteiger partial charge in [0, 0.05) is 6.54 Å². The lowest BCUT2D eigenvalue weighted by atomic mass is 9.81. The molecule has 26 heteroatoms. The van der Waals surface area contributed by atoms with Crippen molar-refractivity contribution in [3.63, 3.8) is 0 Å². The molecule has 12 N–H and O–H groups in total. The second kappa shape index (κ2) is 25.6. The van der Waals surface area contributed by atoms with Crippen LogP contribution < -0.4 is 37.6 Å². The number of carbonyl (C=O) groups is 6. The van der Waals surface area contributed by atoms with E-state index in [1.807, 2.05) is 0 Å². The molecule has 0 aromatic rings. The predicted octanol–water partition coefficient (Wildman–Crippen LogP) is 1.17. The van der Waals surface area contributed by atoms with E-state index < -0.39 is 157 Å². The van der Waals surface area contributed by atoms with Crippen LogP contribution in [0.3, 0.4) is 0 Å². The maximum absolute atomic E-state index is 13.9. The molecule has 420 valence electrons. The zero-order chi connectivity index (χ0) is 55.6. The van der Waals surface area contributed by atoms with Crippen molar-refractivity contribution >= 4 is 36.4 Å². The third-order valence-electron chi connectivity index (χ3n) is 10.3. The molecule has 73 heavy (non-hydrogen) atoms. The molecule has 2 aliphatic heterocycles. The fourth-order valence-corrected chi connectivity index (χ4v) is 7.46. The van der Waals surface area contributed by atoms with Gasteiger partial charge in [0.05, 0.1) is 55.6 Å². The summed E-state index contributed by atoms with van der Waals surface area (Å²) in [4.78, 5) is 78.7. The highest BCUT2D eigenvalue weighted by molar-refractivity contribution is 5.81. The number of nitrogens with one attached hydrogen (secondary N) is 6. The summed E-state index contributed by atoms with van der Waals surface area (Å²) in [5.74, 6) is -0.992. The summed E-state index contributed by atoms with van der Waals surface area (Å²) in [6, 6.07) is -6.79. The molecule has 0 spiro atoms. The third-order valence-corrected chi connectivity index (χ3v) is 10.3. The molecule has 1 saturated heterocycles. The first-order chi connectivity index (χ1) is 33.3. The Kier molecular flexibility index (Phi) is 21.9. The van der Waals surface area contributed by atoms with E-state index in [0.717, 1.165) is 0 Å². The number of nitrogens with two attached hydrogens (primary N) is 1. The first-order valence-corrected chi connectivity index (χ1v) is 24.3. The second-order valence-corrected chi connectivity index (χ2v) is 23.0. The summed E-state index contributed by atoms with van der Waals surface area (Å²) in [5, 5.41) is 59.9. The summed E-state index contributed by atoms with van der Waals surface area (Å²) < 4.78 is 52.3. The van der Waals surface area contributed by atoms with Crippen LogP contribution in [-0.4, -0.2) is 190 Å². The van der Waals surface area contributed by atoms with Gasteiger partial charge in [0.2, 0.25) is 5.91 Å². The van der Waals surface area contributed by atoms with Crippen LogP contribution in [0, 0.1) is 0 Å². The van der Waals surface area contributed by atoms with Crippen LogP contribution in [0.2, 0.25) is 0 Å². The average molecular weight is 1050 g/mol. The number of carbonyl (C=O) groups excluding carboxylic acids is 6. The van der Waals surface area contributed by atoms with Crippen molar-refractivity contribution in [3.8, 4) is 0 Å². The van der Waals surface area contributed by atoms with Crippen molar-refractivity contribution in [1.82, 2.24) is 31.9 Å². The van der Waals surface area contributed by atoms with Crippen LogP contribution >= 0.6 is 0 Å². The van der Waals surface area contributed by atoms with E-state index in [0.29, 0.717) is 0 Å². The number of rotatable bonds is 15. The second-order valence-electron chi connectivity index (χ2n) is 23.0. The standard InChI is InChI=1S/C47H83N7O19/c1-43(2,3)69-38(60)49-19-18-27(56)35(59)51-25-20-26(53-41(63)72-46(10,11)12)34(29(48)33(25)68-37-32(58)30(31(57)28(22-55)66-37)54-42(64)73-47(13,14)15)67-36-24(52-40(62)71-45(7,8)9)17-16-23(65-36)21-50-39(61)70-44(4,5)6/h16-17,23-34,36-37,55-58H,18-22,48H2,1-15H3,(H,49,60)(H,50,61)(H,51,59)(H,52,62)(H,53,63)(H,54,64)/t23?,24?,25-,26+,27+,28?,29?,30+,31+,32?,33-,34?,36+,37+/m1/s1.